The molecular formula is C21H29N7O2S. The lowest BCUT2D eigenvalue weighted by molar-refractivity contribution is 0.311. The summed E-state index contributed by atoms with van der Waals surface area (Å²) in [6, 6.07) is 11.4. The number of benzene rings is 1. The Kier molecular flexibility index (Phi) is 6.40. The van der Waals surface area contributed by atoms with Crippen LogP contribution in [0.5, 0.6) is 0 Å². The highest BCUT2D eigenvalue weighted by Gasteiger charge is 2.20. The van der Waals surface area contributed by atoms with Gasteiger partial charge in [0, 0.05) is 52.5 Å². The Labute approximate surface area is 183 Å². The number of piperazine rings is 1. The van der Waals surface area contributed by atoms with Gasteiger partial charge in [0.2, 0.25) is 16.0 Å². The molecule has 0 aliphatic carbocycles. The molecule has 2 N–H and O–H groups in total. The van der Waals surface area contributed by atoms with E-state index < -0.39 is 10.0 Å². The second-order valence-electron chi connectivity index (χ2n) is 7.88. The normalized spacial score (nSPS) is 15.5. The summed E-state index contributed by atoms with van der Waals surface area (Å²) in [5, 5.41) is 4.11. The summed E-state index contributed by atoms with van der Waals surface area (Å²) in [7, 11) is 0.646. The molecule has 0 radical (unpaired) electrons. The molecule has 9 nitrogen and oxygen atoms in total. The molecule has 3 aromatic rings. The van der Waals surface area contributed by atoms with Crippen LogP contribution in [0.15, 0.2) is 42.6 Å². The molecule has 4 rings (SSSR count). The summed E-state index contributed by atoms with van der Waals surface area (Å²) in [6.45, 7) is 4.19. The predicted molar refractivity (Wildman–Crippen MR) is 124 cm³/mol. The number of likely N-dealkylation sites (N-methyl/N-ethyl adjacent to an activating group) is 1. The summed E-state index contributed by atoms with van der Waals surface area (Å²) >= 11 is 0. The average molecular weight is 444 g/mol. The van der Waals surface area contributed by atoms with Gasteiger partial charge < -0.3 is 19.7 Å². The Morgan fingerprint density at radius 2 is 1.74 bits per heavy atom. The van der Waals surface area contributed by atoms with Gasteiger partial charge in [-0.3, -0.25) is 0 Å². The molecule has 1 fully saturated rings. The first kappa shape index (κ1) is 21.5. The van der Waals surface area contributed by atoms with Crippen LogP contribution >= 0.6 is 0 Å². The topological polar surface area (TPSA) is 95.4 Å². The number of fused-ring (bicyclic) bond motifs is 1. The van der Waals surface area contributed by atoms with Crippen molar-refractivity contribution in [1.29, 1.82) is 0 Å². The molecule has 10 heteroatoms. The van der Waals surface area contributed by atoms with Crippen molar-refractivity contribution in [3.63, 3.8) is 0 Å². The van der Waals surface area contributed by atoms with Gasteiger partial charge in [-0.05, 0) is 18.7 Å². The molecular weight excluding hydrogens is 414 g/mol. The molecule has 0 saturated carbocycles. The third kappa shape index (κ3) is 5.33. The average Bonchev–Trinajstić information content (AvgIpc) is 3.14. The summed E-state index contributed by atoms with van der Waals surface area (Å²) < 4.78 is 29.4. The molecule has 1 aliphatic heterocycles. The molecule has 1 aliphatic rings. The molecule has 3 heterocycles. The molecule has 0 unspecified atom stereocenters. The van der Waals surface area contributed by atoms with Crippen molar-refractivity contribution >= 4 is 32.8 Å². The lowest BCUT2D eigenvalue weighted by atomic mass is 10.2. The second kappa shape index (κ2) is 9.21. The number of sulfonamides is 1. The number of hydrogen-bond donors (Lipinski definition) is 2. The molecule has 0 spiro atoms. The van der Waals surface area contributed by atoms with E-state index in [9.17, 15) is 8.42 Å². The Balaban J connectivity index is 1.44. The zero-order valence-corrected chi connectivity index (χ0v) is 18.8. The Morgan fingerprint density at radius 3 is 2.48 bits per heavy atom. The quantitative estimate of drug-likeness (QED) is 0.541. The lowest BCUT2D eigenvalue weighted by Crippen LogP contribution is -2.45. The Morgan fingerprint density at radius 1 is 1.00 bits per heavy atom. The Hall–Kier alpha value is -2.69. The van der Waals surface area contributed by atoms with Crippen molar-refractivity contribution in [3.05, 3.63) is 48.2 Å². The van der Waals surface area contributed by atoms with E-state index in [0.717, 1.165) is 42.8 Å². The lowest BCUT2D eigenvalue weighted by Gasteiger charge is -2.32. The summed E-state index contributed by atoms with van der Waals surface area (Å²) in [4.78, 5) is 13.9. The smallest absolute Gasteiger partial charge is 0.229 e. The van der Waals surface area contributed by atoms with Gasteiger partial charge >= 0.3 is 0 Å². The number of anilines is 2. The van der Waals surface area contributed by atoms with Gasteiger partial charge in [-0.1, -0.05) is 30.3 Å². The van der Waals surface area contributed by atoms with Crippen LogP contribution < -0.4 is 14.9 Å². The van der Waals surface area contributed by atoms with E-state index in [-0.39, 0.29) is 18.8 Å². The predicted octanol–water partition coefficient (Wildman–Crippen LogP) is 1.25. The molecule has 166 valence electrons. The van der Waals surface area contributed by atoms with Crippen molar-refractivity contribution < 1.29 is 8.42 Å². The van der Waals surface area contributed by atoms with E-state index in [4.69, 9.17) is 9.97 Å². The van der Waals surface area contributed by atoms with Crippen molar-refractivity contribution in [2.75, 3.05) is 55.7 Å². The minimum Gasteiger partial charge on any atom is -0.368 e. The van der Waals surface area contributed by atoms with Gasteiger partial charge in [-0.15, -0.1) is 0 Å². The van der Waals surface area contributed by atoms with E-state index in [0.29, 0.717) is 11.8 Å². The molecule has 0 bridgehead atoms. The highest BCUT2D eigenvalue weighted by atomic mass is 32.2. The standard InChI is InChI=1S/C21H29N7O2S/c1-26-11-13-28(14-12-26)21-24-19(18-8-10-27(2)20(18)25-21)22-9-15-31(29,30)23-16-17-6-4-3-5-7-17/h3-8,10,23H,9,11-16H2,1-2H3,(H,22,24,25). The van der Waals surface area contributed by atoms with E-state index >= 15 is 0 Å². The fourth-order valence-electron chi connectivity index (χ4n) is 3.57. The van der Waals surface area contributed by atoms with Crippen molar-refractivity contribution in [3.8, 4) is 0 Å². The zero-order valence-electron chi connectivity index (χ0n) is 18.0. The van der Waals surface area contributed by atoms with Gasteiger partial charge in [-0.2, -0.15) is 9.97 Å². The van der Waals surface area contributed by atoms with E-state index in [1.165, 1.54) is 0 Å². The first-order valence-electron chi connectivity index (χ1n) is 10.4. The molecule has 0 amide bonds. The van der Waals surface area contributed by atoms with E-state index in [1.54, 1.807) is 0 Å². The first-order valence-corrected chi connectivity index (χ1v) is 12.1. The third-order valence-corrected chi connectivity index (χ3v) is 6.83. The zero-order chi connectivity index (χ0) is 21.8. The summed E-state index contributed by atoms with van der Waals surface area (Å²) in [5.74, 6) is 1.30. The highest BCUT2D eigenvalue weighted by Crippen LogP contribution is 2.24. The maximum absolute atomic E-state index is 12.4. The number of aromatic nitrogens is 3. The van der Waals surface area contributed by atoms with Crippen LogP contribution in [0.4, 0.5) is 11.8 Å². The van der Waals surface area contributed by atoms with Crippen LogP contribution in [0.1, 0.15) is 5.56 Å². The molecule has 0 atom stereocenters. The van der Waals surface area contributed by atoms with Crippen LogP contribution in [0, 0.1) is 0 Å². The summed E-state index contributed by atoms with van der Waals surface area (Å²) in [5.41, 5.74) is 1.76. The van der Waals surface area contributed by atoms with E-state index in [2.05, 4.69) is 26.9 Å². The fourth-order valence-corrected chi connectivity index (χ4v) is 4.47. The number of aryl methyl sites for hydroxylation is 1. The minimum absolute atomic E-state index is 0.0397. The number of hydrogen-bond acceptors (Lipinski definition) is 7. The molecule has 2 aromatic heterocycles. The van der Waals surface area contributed by atoms with Gasteiger partial charge in [-0.25, -0.2) is 13.1 Å². The number of rotatable bonds is 8. The monoisotopic (exact) mass is 443 g/mol. The van der Waals surface area contributed by atoms with Crippen LogP contribution in [0.3, 0.4) is 0 Å². The number of nitrogens with zero attached hydrogens (tertiary/aromatic N) is 5. The van der Waals surface area contributed by atoms with Gasteiger partial charge in [0.15, 0.2) is 0 Å². The minimum atomic E-state index is -3.41. The number of nitrogens with one attached hydrogen (secondary N) is 2. The van der Waals surface area contributed by atoms with Crippen LogP contribution in [-0.2, 0) is 23.6 Å². The fraction of sp³-hybridized carbons (Fsp3) is 0.429. The third-order valence-electron chi connectivity index (χ3n) is 5.50. The van der Waals surface area contributed by atoms with Crippen LogP contribution in [0.25, 0.3) is 11.0 Å². The van der Waals surface area contributed by atoms with Gasteiger partial charge in [0.05, 0.1) is 11.1 Å². The summed E-state index contributed by atoms with van der Waals surface area (Å²) in [6.07, 6.45) is 1.94. The molecule has 1 saturated heterocycles. The first-order chi connectivity index (χ1) is 14.9. The SMILES string of the molecule is CN1CCN(c2nc(NCCS(=O)(=O)NCc3ccccc3)c3ccn(C)c3n2)CC1. The van der Waals surface area contributed by atoms with Gasteiger partial charge in [0.25, 0.3) is 0 Å². The van der Waals surface area contributed by atoms with Crippen LogP contribution in [0.2, 0.25) is 0 Å². The van der Waals surface area contributed by atoms with Crippen LogP contribution in [-0.4, -0.2) is 73.4 Å². The van der Waals surface area contributed by atoms with Crippen molar-refractivity contribution in [2.45, 2.75) is 6.54 Å². The second-order valence-corrected chi connectivity index (χ2v) is 9.81. The largest absolute Gasteiger partial charge is 0.368 e. The van der Waals surface area contributed by atoms with Crippen molar-refractivity contribution in [2.24, 2.45) is 7.05 Å². The molecule has 31 heavy (non-hydrogen) atoms. The van der Waals surface area contributed by atoms with Gasteiger partial charge in [0.1, 0.15) is 11.5 Å². The molecule has 1 aromatic carbocycles. The Bertz CT molecular complexity index is 1120. The maximum atomic E-state index is 12.4. The van der Waals surface area contributed by atoms with Crippen molar-refractivity contribution in [1.82, 2.24) is 24.2 Å². The van der Waals surface area contributed by atoms with E-state index in [1.807, 2.05) is 54.2 Å². The highest BCUT2D eigenvalue weighted by molar-refractivity contribution is 7.89. The maximum Gasteiger partial charge on any atom is 0.229 e.